The molecule has 3 nitrogen and oxygen atoms in total. The van der Waals surface area contributed by atoms with E-state index in [0.717, 1.165) is 33.4 Å². The van der Waals surface area contributed by atoms with Gasteiger partial charge in [0, 0.05) is 10.5 Å². The summed E-state index contributed by atoms with van der Waals surface area (Å²) in [7, 11) is 0. The first-order chi connectivity index (χ1) is 9.10. The standard InChI is InChI=1S/C13H15BrFN3S/c1-2-3-12-13(19-18-17-12)11(16)6-8-4-9(14)7-10(15)5-8/h4-5,7,11H,2-3,6,16H2,1H3. The third kappa shape index (κ3) is 3.81. The van der Waals surface area contributed by atoms with Gasteiger partial charge in [0.1, 0.15) is 5.82 Å². The molecule has 0 amide bonds. The molecule has 19 heavy (non-hydrogen) atoms. The molecule has 1 heterocycles. The third-order valence-electron chi connectivity index (χ3n) is 2.79. The molecule has 0 saturated heterocycles. The summed E-state index contributed by atoms with van der Waals surface area (Å²) in [5, 5.41) is 4.11. The van der Waals surface area contributed by atoms with Crippen molar-refractivity contribution >= 4 is 27.5 Å². The topological polar surface area (TPSA) is 51.8 Å². The molecule has 0 spiro atoms. The Labute approximate surface area is 124 Å². The fourth-order valence-electron chi connectivity index (χ4n) is 1.98. The van der Waals surface area contributed by atoms with Crippen LogP contribution in [0.15, 0.2) is 22.7 Å². The second kappa shape index (κ2) is 6.54. The molecule has 0 fully saturated rings. The zero-order chi connectivity index (χ0) is 13.8. The Hall–Kier alpha value is -0.850. The summed E-state index contributed by atoms with van der Waals surface area (Å²) in [6, 6.07) is 4.65. The summed E-state index contributed by atoms with van der Waals surface area (Å²) in [6.45, 7) is 2.10. The molecule has 0 saturated carbocycles. The number of aromatic nitrogens is 2. The predicted octanol–water partition coefficient (Wildman–Crippen LogP) is 3.63. The summed E-state index contributed by atoms with van der Waals surface area (Å²) >= 11 is 4.62. The smallest absolute Gasteiger partial charge is 0.124 e. The van der Waals surface area contributed by atoms with E-state index in [0.29, 0.717) is 6.42 Å². The minimum absolute atomic E-state index is 0.185. The molecule has 0 aliphatic rings. The second-order valence-corrected chi connectivity index (χ2v) is 6.12. The summed E-state index contributed by atoms with van der Waals surface area (Å²) in [5.41, 5.74) is 8.03. The van der Waals surface area contributed by atoms with Crippen molar-refractivity contribution in [3.8, 4) is 0 Å². The van der Waals surface area contributed by atoms with Crippen molar-refractivity contribution in [1.82, 2.24) is 9.59 Å². The van der Waals surface area contributed by atoms with E-state index in [2.05, 4.69) is 32.4 Å². The molecule has 0 bridgehead atoms. The van der Waals surface area contributed by atoms with E-state index in [1.54, 1.807) is 0 Å². The molecule has 2 aromatic rings. The van der Waals surface area contributed by atoms with E-state index in [9.17, 15) is 4.39 Å². The molecule has 0 radical (unpaired) electrons. The number of halogens is 2. The van der Waals surface area contributed by atoms with Gasteiger partial charge in [-0.15, -0.1) is 5.10 Å². The van der Waals surface area contributed by atoms with Gasteiger partial charge in [-0.3, -0.25) is 0 Å². The van der Waals surface area contributed by atoms with Gasteiger partial charge >= 0.3 is 0 Å². The molecule has 2 N–H and O–H groups in total. The van der Waals surface area contributed by atoms with Crippen molar-refractivity contribution in [2.24, 2.45) is 5.73 Å². The molecule has 0 aliphatic heterocycles. The highest BCUT2D eigenvalue weighted by molar-refractivity contribution is 9.10. The first-order valence-electron chi connectivity index (χ1n) is 6.11. The van der Waals surface area contributed by atoms with Crippen LogP contribution < -0.4 is 5.73 Å². The first-order valence-corrected chi connectivity index (χ1v) is 7.68. The Morgan fingerprint density at radius 1 is 1.42 bits per heavy atom. The predicted molar refractivity (Wildman–Crippen MR) is 78.6 cm³/mol. The quantitative estimate of drug-likeness (QED) is 0.901. The van der Waals surface area contributed by atoms with Crippen molar-refractivity contribution in [2.75, 3.05) is 0 Å². The molecular weight excluding hydrogens is 329 g/mol. The minimum Gasteiger partial charge on any atom is -0.323 e. The van der Waals surface area contributed by atoms with E-state index in [4.69, 9.17) is 5.73 Å². The molecule has 2 rings (SSSR count). The van der Waals surface area contributed by atoms with E-state index in [1.165, 1.54) is 23.7 Å². The normalized spacial score (nSPS) is 12.6. The third-order valence-corrected chi connectivity index (χ3v) is 4.14. The minimum atomic E-state index is -0.257. The van der Waals surface area contributed by atoms with Gasteiger partial charge in [0.2, 0.25) is 0 Å². The van der Waals surface area contributed by atoms with Gasteiger partial charge in [0.15, 0.2) is 0 Å². The van der Waals surface area contributed by atoms with E-state index >= 15 is 0 Å². The Bertz CT molecular complexity index is 538. The van der Waals surface area contributed by atoms with Crippen LogP contribution in [0.4, 0.5) is 4.39 Å². The zero-order valence-corrected chi connectivity index (χ0v) is 13.0. The number of hydrogen-bond acceptors (Lipinski definition) is 4. The van der Waals surface area contributed by atoms with E-state index < -0.39 is 0 Å². The van der Waals surface area contributed by atoms with Gasteiger partial charge < -0.3 is 5.73 Å². The average Bonchev–Trinajstić information content (AvgIpc) is 2.76. The highest BCUT2D eigenvalue weighted by Gasteiger charge is 2.16. The Balaban J connectivity index is 2.15. The molecule has 6 heteroatoms. The largest absolute Gasteiger partial charge is 0.323 e. The van der Waals surface area contributed by atoms with Gasteiger partial charge in [-0.2, -0.15) is 0 Å². The fraction of sp³-hybridized carbons (Fsp3) is 0.385. The lowest BCUT2D eigenvalue weighted by molar-refractivity contribution is 0.621. The Kier molecular flexibility index (Phi) is 5.01. The molecular formula is C13H15BrFN3S. The van der Waals surface area contributed by atoms with Crippen molar-refractivity contribution in [1.29, 1.82) is 0 Å². The number of aryl methyl sites for hydroxylation is 1. The summed E-state index contributed by atoms with van der Waals surface area (Å²) < 4.78 is 18.0. The van der Waals surface area contributed by atoms with Crippen molar-refractivity contribution in [3.63, 3.8) is 0 Å². The lowest BCUT2D eigenvalue weighted by Crippen LogP contribution is -2.14. The number of benzene rings is 1. The first kappa shape index (κ1) is 14.6. The van der Waals surface area contributed by atoms with Crippen LogP contribution in [0.2, 0.25) is 0 Å². The molecule has 0 aliphatic carbocycles. The van der Waals surface area contributed by atoms with Gasteiger partial charge in [0.25, 0.3) is 0 Å². The monoisotopic (exact) mass is 343 g/mol. The summed E-state index contributed by atoms with van der Waals surface area (Å²) in [5.74, 6) is -0.257. The lowest BCUT2D eigenvalue weighted by Gasteiger charge is -2.11. The zero-order valence-electron chi connectivity index (χ0n) is 10.6. The van der Waals surface area contributed by atoms with Gasteiger partial charge in [-0.25, -0.2) is 4.39 Å². The SMILES string of the molecule is CCCc1nnsc1C(N)Cc1cc(F)cc(Br)c1. The molecule has 1 aromatic carbocycles. The van der Waals surface area contributed by atoms with Crippen LogP contribution in [0.1, 0.15) is 35.5 Å². The van der Waals surface area contributed by atoms with Gasteiger partial charge in [-0.05, 0) is 48.1 Å². The second-order valence-electron chi connectivity index (χ2n) is 4.42. The van der Waals surface area contributed by atoms with Gasteiger partial charge in [-0.1, -0.05) is 33.8 Å². The summed E-state index contributed by atoms with van der Waals surface area (Å²) in [6.07, 6.45) is 2.47. The van der Waals surface area contributed by atoms with Crippen molar-refractivity contribution < 1.29 is 4.39 Å². The van der Waals surface area contributed by atoms with Gasteiger partial charge in [0.05, 0.1) is 10.6 Å². The van der Waals surface area contributed by atoms with Crippen molar-refractivity contribution in [2.45, 2.75) is 32.2 Å². The van der Waals surface area contributed by atoms with Crippen LogP contribution in [0.3, 0.4) is 0 Å². The Morgan fingerprint density at radius 3 is 2.89 bits per heavy atom. The maximum atomic E-state index is 13.3. The summed E-state index contributed by atoms with van der Waals surface area (Å²) in [4.78, 5) is 1.00. The van der Waals surface area contributed by atoms with Crippen LogP contribution in [0.25, 0.3) is 0 Å². The number of nitrogens with two attached hydrogens (primary N) is 1. The van der Waals surface area contributed by atoms with Crippen LogP contribution in [-0.2, 0) is 12.8 Å². The number of nitrogens with zero attached hydrogens (tertiary/aromatic N) is 2. The van der Waals surface area contributed by atoms with Crippen LogP contribution >= 0.6 is 27.5 Å². The molecule has 102 valence electrons. The van der Waals surface area contributed by atoms with Crippen LogP contribution in [0, 0.1) is 5.82 Å². The number of hydrogen-bond donors (Lipinski definition) is 1. The Morgan fingerprint density at radius 2 is 2.21 bits per heavy atom. The van der Waals surface area contributed by atoms with Crippen molar-refractivity contribution in [3.05, 3.63) is 44.6 Å². The highest BCUT2D eigenvalue weighted by atomic mass is 79.9. The average molecular weight is 344 g/mol. The number of rotatable bonds is 5. The van der Waals surface area contributed by atoms with E-state index in [1.807, 2.05) is 6.07 Å². The van der Waals surface area contributed by atoms with Crippen LogP contribution in [-0.4, -0.2) is 9.59 Å². The molecule has 1 atom stereocenters. The fourth-order valence-corrected chi connectivity index (χ4v) is 3.19. The van der Waals surface area contributed by atoms with E-state index in [-0.39, 0.29) is 11.9 Å². The highest BCUT2D eigenvalue weighted by Crippen LogP contribution is 2.24. The molecule has 1 unspecified atom stereocenters. The molecule has 1 aromatic heterocycles. The maximum Gasteiger partial charge on any atom is 0.124 e. The van der Waals surface area contributed by atoms with Crippen LogP contribution in [0.5, 0.6) is 0 Å². The maximum absolute atomic E-state index is 13.3. The lowest BCUT2D eigenvalue weighted by atomic mass is 10.0.